The highest BCUT2D eigenvalue weighted by Crippen LogP contribution is 2.65. The molecule has 0 radical (unpaired) electrons. The summed E-state index contributed by atoms with van der Waals surface area (Å²) in [4.78, 5) is 23.2. The van der Waals surface area contributed by atoms with E-state index in [0.717, 1.165) is 19.3 Å². The number of rotatable bonds is 3. The van der Waals surface area contributed by atoms with Crippen LogP contribution in [0.4, 0.5) is 0 Å². The summed E-state index contributed by atoms with van der Waals surface area (Å²) in [5, 5.41) is 0. The highest BCUT2D eigenvalue weighted by Gasteiger charge is 2.63. The van der Waals surface area contributed by atoms with Crippen LogP contribution in [0.25, 0.3) is 0 Å². The van der Waals surface area contributed by atoms with Crippen LogP contribution in [0.1, 0.15) is 46.0 Å². The van der Waals surface area contributed by atoms with Crippen LogP contribution in [0.3, 0.4) is 0 Å². The first-order valence-corrected chi connectivity index (χ1v) is 6.04. The van der Waals surface area contributed by atoms with Crippen LogP contribution in [0.15, 0.2) is 0 Å². The Bertz CT molecular complexity index is 336. The number of carbonyl (C=O) groups is 2. The van der Waals surface area contributed by atoms with Crippen molar-refractivity contribution >= 4 is 11.8 Å². The Balaban J connectivity index is 2.13. The topological polar surface area (TPSA) is 43.4 Å². The molecular formula is C13H20O3. The highest BCUT2D eigenvalue weighted by molar-refractivity contribution is 5.89. The number of ether oxygens (including phenoxy) is 1. The van der Waals surface area contributed by atoms with Crippen LogP contribution in [-0.4, -0.2) is 18.9 Å². The van der Waals surface area contributed by atoms with Gasteiger partial charge in [-0.25, -0.2) is 0 Å². The average molecular weight is 224 g/mol. The van der Waals surface area contributed by atoms with E-state index in [9.17, 15) is 9.59 Å². The highest BCUT2D eigenvalue weighted by atomic mass is 16.5. The second-order valence-electron chi connectivity index (χ2n) is 5.69. The van der Waals surface area contributed by atoms with Gasteiger partial charge in [0.2, 0.25) is 0 Å². The Labute approximate surface area is 96.5 Å². The van der Waals surface area contributed by atoms with Gasteiger partial charge in [-0.2, -0.15) is 0 Å². The minimum Gasteiger partial charge on any atom is -0.469 e. The Morgan fingerprint density at radius 2 is 2.19 bits per heavy atom. The van der Waals surface area contributed by atoms with E-state index >= 15 is 0 Å². The Kier molecular flexibility index (Phi) is 2.59. The summed E-state index contributed by atoms with van der Waals surface area (Å²) in [6.45, 7) is 4.26. The zero-order valence-corrected chi connectivity index (χ0v) is 10.3. The molecule has 0 amide bonds. The molecule has 0 aromatic heterocycles. The molecule has 2 fully saturated rings. The van der Waals surface area contributed by atoms with Gasteiger partial charge in [-0.1, -0.05) is 13.8 Å². The van der Waals surface area contributed by atoms with Gasteiger partial charge in [0.25, 0.3) is 0 Å². The number of Topliss-reactive ketones (excluding diaryl/α,β-unsaturated/α-hetero) is 1. The third-order valence-electron chi connectivity index (χ3n) is 5.28. The van der Waals surface area contributed by atoms with Crippen LogP contribution in [0, 0.1) is 16.7 Å². The van der Waals surface area contributed by atoms with E-state index in [0.29, 0.717) is 24.5 Å². The first-order valence-electron chi connectivity index (χ1n) is 6.04. The molecule has 16 heavy (non-hydrogen) atoms. The largest absolute Gasteiger partial charge is 0.469 e. The molecule has 0 aromatic carbocycles. The lowest BCUT2D eigenvalue weighted by molar-refractivity contribution is -0.142. The van der Waals surface area contributed by atoms with Crippen LogP contribution < -0.4 is 0 Å². The van der Waals surface area contributed by atoms with Crippen molar-refractivity contribution in [2.75, 3.05) is 7.11 Å². The van der Waals surface area contributed by atoms with E-state index in [1.165, 1.54) is 7.11 Å². The summed E-state index contributed by atoms with van der Waals surface area (Å²) in [5.41, 5.74) is -0.177. The maximum absolute atomic E-state index is 12.0. The van der Waals surface area contributed by atoms with E-state index in [1.807, 2.05) is 0 Å². The normalized spacial score (nSPS) is 41.4. The summed E-state index contributed by atoms with van der Waals surface area (Å²) < 4.78 is 4.68. The monoisotopic (exact) mass is 224 g/mol. The average Bonchev–Trinajstić information content (AvgIpc) is 2.61. The van der Waals surface area contributed by atoms with Gasteiger partial charge in [0, 0.05) is 18.3 Å². The fourth-order valence-corrected chi connectivity index (χ4v) is 3.70. The number of esters is 1. The molecule has 2 aliphatic rings. The lowest BCUT2D eigenvalue weighted by Crippen LogP contribution is -2.35. The number of hydrogen-bond donors (Lipinski definition) is 0. The zero-order valence-electron chi connectivity index (χ0n) is 10.3. The molecule has 3 nitrogen and oxygen atoms in total. The fraction of sp³-hybridized carbons (Fsp3) is 0.846. The lowest BCUT2D eigenvalue weighted by atomic mass is 9.66. The third kappa shape index (κ3) is 1.33. The van der Waals surface area contributed by atoms with E-state index in [1.54, 1.807) is 0 Å². The van der Waals surface area contributed by atoms with Gasteiger partial charge in [-0.05, 0) is 30.6 Å². The molecule has 0 unspecified atom stereocenters. The molecule has 90 valence electrons. The van der Waals surface area contributed by atoms with Gasteiger partial charge in [-0.15, -0.1) is 0 Å². The van der Waals surface area contributed by atoms with Crippen LogP contribution in [-0.2, 0) is 14.3 Å². The van der Waals surface area contributed by atoms with Crippen LogP contribution >= 0.6 is 0 Å². The van der Waals surface area contributed by atoms with Gasteiger partial charge in [0.1, 0.15) is 5.78 Å². The number of fused-ring (bicyclic) bond motifs is 2. The SMILES string of the molecule is COC(=O)CC[C@@]1(C)[C@H]2CC[C@@]1(C)C(=O)C2. The molecule has 2 aliphatic carbocycles. The predicted molar refractivity (Wildman–Crippen MR) is 59.8 cm³/mol. The van der Waals surface area contributed by atoms with Crippen molar-refractivity contribution in [2.24, 2.45) is 16.7 Å². The van der Waals surface area contributed by atoms with Gasteiger partial charge >= 0.3 is 5.97 Å². The molecule has 2 bridgehead atoms. The van der Waals surface area contributed by atoms with Crippen molar-refractivity contribution in [3.63, 3.8) is 0 Å². The standard InChI is InChI=1S/C13H20O3/c1-12(7-5-11(15)16-3)9-4-6-13(12,2)10(14)8-9/h9H,4-8H2,1-3H3/t9-,12-,13-/m0/s1. The summed E-state index contributed by atoms with van der Waals surface area (Å²) in [6.07, 6.45) is 4.07. The molecule has 0 heterocycles. The number of hydrogen-bond acceptors (Lipinski definition) is 3. The minimum atomic E-state index is -0.189. The molecule has 0 N–H and O–H groups in total. The van der Waals surface area contributed by atoms with Gasteiger partial charge in [0.05, 0.1) is 7.11 Å². The molecule has 3 heteroatoms. The molecule has 2 saturated carbocycles. The number of ketones is 1. The smallest absolute Gasteiger partial charge is 0.305 e. The van der Waals surface area contributed by atoms with E-state index < -0.39 is 0 Å². The van der Waals surface area contributed by atoms with Crippen molar-refractivity contribution in [3.8, 4) is 0 Å². The minimum absolute atomic E-state index is 0.0122. The first-order chi connectivity index (χ1) is 7.44. The summed E-state index contributed by atoms with van der Waals surface area (Å²) in [7, 11) is 1.42. The van der Waals surface area contributed by atoms with Crippen molar-refractivity contribution in [2.45, 2.75) is 46.0 Å². The summed E-state index contributed by atoms with van der Waals surface area (Å²) in [5.74, 6) is 0.717. The molecule has 0 aliphatic heterocycles. The Morgan fingerprint density at radius 3 is 2.62 bits per heavy atom. The van der Waals surface area contributed by atoms with Crippen molar-refractivity contribution in [3.05, 3.63) is 0 Å². The van der Waals surface area contributed by atoms with E-state index in [2.05, 4.69) is 18.6 Å². The number of methoxy groups -OCH3 is 1. The molecule has 2 rings (SSSR count). The van der Waals surface area contributed by atoms with E-state index in [4.69, 9.17) is 0 Å². The maximum atomic E-state index is 12.0. The van der Waals surface area contributed by atoms with Crippen molar-refractivity contribution < 1.29 is 14.3 Å². The Hall–Kier alpha value is -0.860. The molecule has 0 aromatic rings. The molecule has 0 spiro atoms. The van der Waals surface area contributed by atoms with Gasteiger partial charge in [0.15, 0.2) is 0 Å². The lowest BCUT2D eigenvalue weighted by Gasteiger charge is -2.36. The van der Waals surface area contributed by atoms with Crippen molar-refractivity contribution in [1.29, 1.82) is 0 Å². The number of carbonyl (C=O) groups excluding carboxylic acids is 2. The van der Waals surface area contributed by atoms with Crippen LogP contribution in [0.5, 0.6) is 0 Å². The molecule has 3 atom stereocenters. The predicted octanol–water partition coefficient (Wildman–Crippen LogP) is 2.33. The van der Waals surface area contributed by atoms with Crippen molar-refractivity contribution in [1.82, 2.24) is 0 Å². The second-order valence-corrected chi connectivity index (χ2v) is 5.69. The first kappa shape index (κ1) is 11.6. The van der Waals surface area contributed by atoms with Crippen LogP contribution in [0.2, 0.25) is 0 Å². The molecule has 0 saturated heterocycles. The van der Waals surface area contributed by atoms with Gasteiger partial charge < -0.3 is 4.74 Å². The quantitative estimate of drug-likeness (QED) is 0.691. The zero-order chi connectivity index (χ0) is 12.0. The fourth-order valence-electron chi connectivity index (χ4n) is 3.70. The second kappa shape index (κ2) is 3.57. The maximum Gasteiger partial charge on any atom is 0.305 e. The summed E-state index contributed by atoms with van der Waals surface area (Å²) in [6, 6.07) is 0. The van der Waals surface area contributed by atoms with Gasteiger partial charge in [-0.3, -0.25) is 9.59 Å². The molecular weight excluding hydrogens is 204 g/mol. The third-order valence-corrected chi connectivity index (χ3v) is 5.28. The van der Waals surface area contributed by atoms with E-state index in [-0.39, 0.29) is 16.8 Å². The summed E-state index contributed by atoms with van der Waals surface area (Å²) >= 11 is 0. The Morgan fingerprint density at radius 1 is 1.50 bits per heavy atom.